The lowest BCUT2D eigenvalue weighted by molar-refractivity contribution is 0.270. The van der Waals surface area contributed by atoms with Crippen LogP contribution in [0.1, 0.15) is 31.7 Å². The number of hydrogen-bond donors (Lipinski definition) is 1. The molecule has 0 spiro atoms. The number of benzene rings is 1. The van der Waals surface area contributed by atoms with Crippen molar-refractivity contribution in [1.29, 1.82) is 0 Å². The average molecular weight is 332 g/mol. The van der Waals surface area contributed by atoms with Gasteiger partial charge in [-0.3, -0.25) is 0 Å². The molecule has 5 heteroatoms. The summed E-state index contributed by atoms with van der Waals surface area (Å²) >= 11 is 0. The summed E-state index contributed by atoms with van der Waals surface area (Å²) in [4.78, 5) is 8.92. The van der Waals surface area contributed by atoms with Crippen LogP contribution in [0.2, 0.25) is 0 Å². The molecule has 1 atom stereocenters. The number of ether oxygens (including phenoxy) is 1. The number of hydrogen-bond acceptors (Lipinski definition) is 3. The Balaban J connectivity index is 1.77. The lowest BCUT2D eigenvalue weighted by atomic mass is 10.0. The van der Waals surface area contributed by atoms with Crippen LogP contribution in [0.15, 0.2) is 29.3 Å². The fourth-order valence-electron chi connectivity index (χ4n) is 2.93. The van der Waals surface area contributed by atoms with Gasteiger partial charge in [-0.05, 0) is 57.0 Å². The predicted molar refractivity (Wildman–Crippen MR) is 100 cm³/mol. The zero-order valence-corrected chi connectivity index (χ0v) is 15.4. The van der Waals surface area contributed by atoms with E-state index >= 15 is 0 Å². The van der Waals surface area contributed by atoms with E-state index < -0.39 is 0 Å². The maximum atomic E-state index is 6.14. The molecule has 5 nitrogen and oxygen atoms in total. The highest BCUT2D eigenvalue weighted by Crippen LogP contribution is 2.16. The highest BCUT2D eigenvalue weighted by atomic mass is 16.5. The fraction of sp³-hybridized carbons (Fsp3) is 0.632. The van der Waals surface area contributed by atoms with Gasteiger partial charge in [-0.1, -0.05) is 19.1 Å². The van der Waals surface area contributed by atoms with E-state index in [1.54, 1.807) is 0 Å². The third kappa shape index (κ3) is 6.40. The quantitative estimate of drug-likeness (QED) is 0.474. The smallest absolute Gasteiger partial charge is 0.191 e. The van der Waals surface area contributed by atoms with E-state index in [1.807, 2.05) is 12.1 Å². The summed E-state index contributed by atoms with van der Waals surface area (Å²) in [7, 11) is 4.15. The first kappa shape index (κ1) is 18.6. The van der Waals surface area contributed by atoms with Crippen LogP contribution in [0.5, 0.6) is 5.75 Å². The Morgan fingerprint density at radius 3 is 2.75 bits per heavy atom. The molecule has 0 aliphatic carbocycles. The van der Waals surface area contributed by atoms with Crippen molar-refractivity contribution in [2.45, 2.75) is 32.7 Å². The molecule has 1 aliphatic rings. The zero-order valence-electron chi connectivity index (χ0n) is 15.4. The van der Waals surface area contributed by atoms with Crippen LogP contribution in [0, 0.1) is 5.92 Å². The molecule has 134 valence electrons. The van der Waals surface area contributed by atoms with Gasteiger partial charge in [0.05, 0.1) is 13.2 Å². The maximum absolute atomic E-state index is 6.14. The molecular weight excluding hydrogens is 300 g/mol. The van der Waals surface area contributed by atoms with Crippen LogP contribution in [-0.4, -0.2) is 56.1 Å². The normalized spacial score (nSPS) is 18.9. The zero-order chi connectivity index (χ0) is 17.4. The van der Waals surface area contributed by atoms with E-state index in [2.05, 4.69) is 47.9 Å². The molecule has 1 aromatic rings. The van der Waals surface area contributed by atoms with Crippen molar-refractivity contribution in [2.75, 3.05) is 40.3 Å². The Bertz CT molecular complexity index is 513. The summed E-state index contributed by atoms with van der Waals surface area (Å²) in [6, 6.07) is 8.16. The first-order valence-electron chi connectivity index (χ1n) is 8.96. The van der Waals surface area contributed by atoms with Crippen LogP contribution >= 0.6 is 0 Å². The summed E-state index contributed by atoms with van der Waals surface area (Å²) < 4.78 is 5.75. The molecule has 0 saturated carbocycles. The Labute approximate surface area is 146 Å². The van der Waals surface area contributed by atoms with Crippen LogP contribution in [0.4, 0.5) is 0 Å². The van der Waals surface area contributed by atoms with Gasteiger partial charge in [0.25, 0.3) is 0 Å². The molecule has 1 saturated heterocycles. The van der Waals surface area contributed by atoms with E-state index in [0.717, 1.165) is 44.0 Å². The van der Waals surface area contributed by atoms with Gasteiger partial charge in [0.15, 0.2) is 5.96 Å². The second-order valence-corrected chi connectivity index (χ2v) is 7.02. The minimum Gasteiger partial charge on any atom is -0.494 e. The van der Waals surface area contributed by atoms with E-state index in [1.165, 1.54) is 12.8 Å². The molecule has 0 amide bonds. The summed E-state index contributed by atoms with van der Waals surface area (Å²) in [6.07, 6.45) is 3.53. The lowest BCUT2D eigenvalue weighted by Crippen LogP contribution is -2.43. The van der Waals surface area contributed by atoms with E-state index in [4.69, 9.17) is 10.5 Å². The number of rotatable bonds is 7. The second-order valence-electron chi connectivity index (χ2n) is 7.02. The van der Waals surface area contributed by atoms with E-state index in [-0.39, 0.29) is 0 Å². The molecule has 2 rings (SSSR count). The van der Waals surface area contributed by atoms with E-state index in [9.17, 15) is 0 Å². The number of nitrogens with zero attached hydrogens (tertiary/aromatic N) is 3. The van der Waals surface area contributed by atoms with Crippen molar-refractivity contribution in [3.8, 4) is 5.75 Å². The number of nitrogens with two attached hydrogens (primary N) is 1. The second kappa shape index (κ2) is 9.52. The highest BCUT2D eigenvalue weighted by Gasteiger charge is 2.17. The molecule has 1 aliphatic heterocycles. The average Bonchev–Trinajstić information content (AvgIpc) is 2.57. The van der Waals surface area contributed by atoms with Crippen molar-refractivity contribution < 1.29 is 4.74 Å². The van der Waals surface area contributed by atoms with Crippen molar-refractivity contribution in [3.63, 3.8) is 0 Å². The molecule has 1 heterocycles. The molecule has 1 aromatic carbocycles. The molecule has 24 heavy (non-hydrogen) atoms. The predicted octanol–water partition coefficient (Wildman–Crippen LogP) is 2.56. The largest absolute Gasteiger partial charge is 0.494 e. The maximum Gasteiger partial charge on any atom is 0.191 e. The van der Waals surface area contributed by atoms with E-state index in [0.29, 0.717) is 18.4 Å². The van der Waals surface area contributed by atoms with Gasteiger partial charge in [-0.25, -0.2) is 4.99 Å². The molecule has 0 radical (unpaired) electrons. The van der Waals surface area contributed by atoms with Gasteiger partial charge >= 0.3 is 0 Å². The molecule has 0 bridgehead atoms. The Hall–Kier alpha value is -1.75. The monoisotopic (exact) mass is 332 g/mol. The number of aliphatic imine (C=N–C) groups is 1. The van der Waals surface area contributed by atoms with Gasteiger partial charge in [-0.2, -0.15) is 0 Å². The topological polar surface area (TPSA) is 54.1 Å². The Morgan fingerprint density at radius 1 is 1.33 bits per heavy atom. The Kier molecular flexibility index (Phi) is 7.37. The van der Waals surface area contributed by atoms with Crippen molar-refractivity contribution >= 4 is 5.96 Å². The third-order valence-electron chi connectivity index (χ3n) is 4.35. The SMILES string of the molecule is CC1CCCN(C(N)=NCc2ccc(OCCCN(C)C)cc2)C1. The van der Waals surface area contributed by atoms with Gasteiger partial charge in [0.1, 0.15) is 5.75 Å². The van der Waals surface area contributed by atoms with Gasteiger partial charge < -0.3 is 20.3 Å². The molecule has 0 aromatic heterocycles. The van der Waals surface area contributed by atoms with Crippen LogP contribution < -0.4 is 10.5 Å². The van der Waals surface area contributed by atoms with Crippen molar-refractivity contribution in [1.82, 2.24) is 9.80 Å². The van der Waals surface area contributed by atoms with Crippen LogP contribution in [-0.2, 0) is 6.54 Å². The lowest BCUT2D eigenvalue weighted by Gasteiger charge is -2.31. The fourth-order valence-corrected chi connectivity index (χ4v) is 2.93. The minimum atomic E-state index is 0.623. The molecule has 1 fully saturated rings. The van der Waals surface area contributed by atoms with Crippen LogP contribution in [0.3, 0.4) is 0 Å². The van der Waals surface area contributed by atoms with Crippen molar-refractivity contribution in [3.05, 3.63) is 29.8 Å². The van der Waals surface area contributed by atoms with Crippen molar-refractivity contribution in [2.24, 2.45) is 16.6 Å². The summed E-state index contributed by atoms with van der Waals surface area (Å²) in [6.45, 7) is 6.74. The summed E-state index contributed by atoms with van der Waals surface area (Å²) in [5.41, 5.74) is 7.30. The standard InChI is InChI=1S/C19H32N4O/c1-16-6-4-12-23(15-16)19(20)21-14-17-7-9-18(10-8-17)24-13-5-11-22(2)3/h7-10,16H,4-6,11-15H2,1-3H3,(H2,20,21). The first-order chi connectivity index (χ1) is 11.5. The van der Waals surface area contributed by atoms with Gasteiger partial charge in [0.2, 0.25) is 0 Å². The number of guanidine groups is 1. The van der Waals surface area contributed by atoms with Crippen LogP contribution in [0.25, 0.3) is 0 Å². The first-order valence-corrected chi connectivity index (χ1v) is 8.96. The third-order valence-corrected chi connectivity index (χ3v) is 4.35. The molecule has 1 unspecified atom stereocenters. The number of piperidine rings is 1. The summed E-state index contributed by atoms with van der Waals surface area (Å²) in [5.74, 6) is 2.29. The highest BCUT2D eigenvalue weighted by molar-refractivity contribution is 5.78. The minimum absolute atomic E-state index is 0.623. The Morgan fingerprint density at radius 2 is 2.08 bits per heavy atom. The summed E-state index contributed by atoms with van der Waals surface area (Å²) in [5, 5.41) is 0. The van der Waals surface area contributed by atoms with Gasteiger partial charge in [0, 0.05) is 19.6 Å². The number of likely N-dealkylation sites (tertiary alicyclic amines) is 1. The molecular formula is C19H32N4O. The molecule has 2 N–H and O–H groups in total. The van der Waals surface area contributed by atoms with Gasteiger partial charge in [-0.15, -0.1) is 0 Å².